The molecule has 2 N–H and O–H groups in total. The number of hydrogen-bond acceptors (Lipinski definition) is 2. The second-order valence-corrected chi connectivity index (χ2v) is 2.58. The summed E-state index contributed by atoms with van der Waals surface area (Å²) in [6, 6.07) is 7.25. The predicted octanol–water partition coefficient (Wildman–Crippen LogP) is 1.23. The van der Waals surface area contributed by atoms with Crippen LogP contribution in [0.1, 0.15) is 24.2 Å². The molecule has 0 radical (unpaired) electrons. The molecule has 0 aromatic heterocycles. The average Bonchev–Trinajstić information content (AvgIpc) is 2.05. The Morgan fingerprint density at radius 1 is 1.27 bits per heavy atom. The van der Waals surface area contributed by atoms with Crippen LogP contribution in [-0.4, -0.2) is 10.2 Å². The number of aliphatic hydroxyl groups is 2. The Morgan fingerprint density at radius 3 is 2.18 bits per heavy atom. The Kier molecular flexibility index (Phi) is 2.63. The van der Waals surface area contributed by atoms with Gasteiger partial charge in [-0.25, -0.2) is 0 Å². The van der Waals surface area contributed by atoms with Gasteiger partial charge in [0.1, 0.15) is 0 Å². The lowest BCUT2D eigenvalue weighted by Crippen LogP contribution is -1.91. The van der Waals surface area contributed by atoms with Crippen LogP contribution in [0.5, 0.6) is 0 Å². The van der Waals surface area contributed by atoms with Crippen LogP contribution in [0.4, 0.5) is 0 Å². The molecule has 0 heterocycles. The highest BCUT2D eigenvalue weighted by Crippen LogP contribution is 2.12. The zero-order chi connectivity index (χ0) is 8.27. The van der Waals surface area contributed by atoms with Crippen molar-refractivity contribution in [2.24, 2.45) is 0 Å². The van der Waals surface area contributed by atoms with Gasteiger partial charge in [0.15, 0.2) is 0 Å². The van der Waals surface area contributed by atoms with E-state index in [2.05, 4.69) is 0 Å². The molecule has 0 saturated carbocycles. The molecule has 1 aromatic carbocycles. The van der Waals surface area contributed by atoms with E-state index in [1.807, 2.05) is 24.3 Å². The zero-order valence-corrected chi connectivity index (χ0v) is 6.49. The molecule has 0 aliphatic rings. The minimum Gasteiger partial charge on any atom is -0.392 e. The molecule has 0 unspecified atom stereocenters. The molecule has 0 saturated heterocycles. The van der Waals surface area contributed by atoms with Gasteiger partial charge < -0.3 is 10.2 Å². The van der Waals surface area contributed by atoms with Crippen molar-refractivity contribution in [3.8, 4) is 0 Å². The van der Waals surface area contributed by atoms with Gasteiger partial charge in [-0.3, -0.25) is 0 Å². The number of rotatable bonds is 2. The van der Waals surface area contributed by atoms with Crippen LogP contribution in [0.2, 0.25) is 0 Å². The van der Waals surface area contributed by atoms with Gasteiger partial charge >= 0.3 is 0 Å². The van der Waals surface area contributed by atoms with Gasteiger partial charge in [0.25, 0.3) is 0 Å². The second-order valence-electron chi connectivity index (χ2n) is 2.58. The number of benzene rings is 1. The number of aliphatic hydroxyl groups excluding tert-OH is 2. The maximum absolute atomic E-state index is 9.12. The monoisotopic (exact) mass is 152 g/mol. The van der Waals surface area contributed by atoms with Crippen molar-refractivity contribution < 1.29 is 10.2 Å². The summed E-state index contributed by atoms with van der Waals surface area (Å²) in [5.41, 5.74) is 1.75. The molecule has 1 aromatic rings. The first-order valence-electron chi connectivity index (χ1n) is 3.62. The Bertz CT molecular complexity index is 214. The van der Waals surface area contributed by atoms with Crippen LogP contribution in [-0.2, 0) is 6.61 Å². The molecule has 0 spiro atoms. The van der Waals surface area contributed by atoms with Crippen LogP contribution < -0.4 is 0 Å². The lowest BCUT2D eigenvalue weighted by Gasteiger charge is -2.03. The molecular weight excluding hydrogens is 140 g/mol. The summed E-state index contributed by atoms with van der Waals surface area (Å²) < 4.78 is 0. The smallest absolute Gasteiger partial charge is 0.0761 e. The Hall–Kier alpha value is -0.860. The summed E-state index contributed by atoms with van der Waals surface area (Å²) in [6.07, 6.45) is -0.428. The van der Waals surface area contributed by atoms with E-state index >= 15 is 0 Å². The molecule has 1 atom stereocenters. The van der Waals surface area contributed by atoms with Crippen molar-refractivity contribution in [3.05, 3.63) is 35.4 Å². The Balaban J connectivity index is 2.83. The summed E-state index contributed by atoms with van der Waals surface area (Å²) in [4.78, 5) is 0. The standard InChI is InChI=1S/C9H12O2/c1-7(11)9-4-2-8(6-10)3-5-9/h2-5,7,10-11H,6H2,1H3/t7-/m0/s1. The summed E-state index contributed by atoms with van der Waals surface area (Å²) in [5.74, 6) is 0. The highest BCUT2D eigenvalue weighted by molar-refractivity contribution is 5.23. The molecule has 0 aliphatic carbocycles. The normalized spacial score (nSPS) is 13.0. The van der Waals surface area contributed by atoms with Gasteiger partial charge in [-0.05, 0) is 18.1 Å². The number of hydrogen-bond donors (Lipinski definition) is 2. The first kappa shape index (κ1) is 8.24. The Morgan fingerprint density at radius 2 is 1.82 bits per heavy atom. The average molecular weight is 152 g/mol. The van der Waals surface area contributed by atoms with Gasteiger partial charge in [-0.1, -0.05) is 24.3 Å². The fourth-order valence-electron chi connectivity index (χ4n) is 0.902. The van der Waals surface area contributed by atoms with E-state index in [1.165, 1.54) is 0 Å². The quantitative estimate of drug-likeness (QED) is 0.669. The minimum absolute atomic E-state index is 0.0556. The molecule has 0 bridgehead atoms. The maximum atomic E-state index is 9.12. The van der Waals surface area contributed by atoms with Crippen molar-refractivity contribution >= 4 is 0 Å². The highest BCUT2D eigenvalue weighted by Gasteiger charge is 1.98. The zero-order valence-electron chi connectivity index (χ0n) is 6.49. The van der Waals surface area contributed by atoms with Crippen LogP contribution in [0.3, 0.4) is 0 Å². The van der Waals surface area contributed by atoms with E-state index in [9.17, 15) is 0 Å². The van der Waals surface area contributed by atoms with E-state index in [4.69, 9.17) is 10.2 Å². The molecule has 2 heteroatoms. The van der Waals surface area contributed by atoms with Gasteiger partial charge in [0.2, 0.25) is 0 Å². The summed E-state index contributed by atoms with van der Waals surface area (Å²) in [5, 5.41) is 17.8. The third-order valence-corrected chi connectivity index (χ3v) is 1.64. The fourth-order valence-corrected chi connectivity index (χ4v) is 0.902. The van der Waals surface area contributed by atoms with Crippen molar-refractivity contribution in [1.29, 1.82) is 0 Å². The van der Waals surface area contributed by atoms with Crippen molar-refractivity contribution in [1.82, 2.24) is 0 Å². The van der Waals surface area contributed by atoms with Crippen molar-refractivity contribution in [3.63, 3.8) is 0 Å². The first-order chi connectivity index (χ1) is 5.24. The third kappa shape index (κ3) is 2.03. The second kappa shape index (κ2) is 3.51. The third-order valence-electron chi connectivity index (χ3n) is 1.64. The fraction of sp³-hybridized carbons (Fsp3) is 0.333. The lowest BCUT2D eigenvalue weighted by atomic mass is 10.1. The van der Waals surface area contributed by atoms with Crippen LogP contribution in [0.15, 0.2) is 24.3 Å². The first-order valence-corrected chi connectivity index (χ1v) is 3.62. The van der Waals surface area contributed by atoms with Gasteiger partial charge in [-0.2, -0.15) is 0 Å². The van der Waals surface area contributed by atoms with E-state index in [0.717, 1.165) is 11.1 Å². The predicted molar refractivity (Wildman–Crippen MR) is 43.0 cm³/mol. The van der Waals surface area contributed by atoms with E-state index < -0.39 is 6.10 Å². The molecule has 1 rings (SSSR count). The minimum atomic E-state index is -0.428. The van der Waals surface area contributed by atoms with Crippen LogP contribution in [0, 0.1) is 0 Å². The SMILES string of the molecule is C[C@H](O)c1ccc(CO)cc1. The summed E-state index contributed by atoms with van der Waals surface area (Å²) in [7, 11) is 0. The van der Waals surface area contributed by atoms with E-state index in [1.54, 1.807) is 6.92 Å². The van der Waals surface area contributed by atoms with Gasteiger partial charge in [0.05, 0.1) is 12.7 Å². The Labute approximate surface area is 66.1 Å². The van der Waals surface area contributed by atoms with E-state index in [-0.39, 0.29) is 6.61 Å². The van der Waals surface area contributed by atoms with Gasteiger partial charge in [-0.15, -0.1) is 0 Å². The molecule has 2 nitrogen and oxygen atoms in total. The largest absolute Gasteiger partial charge is 0.392 e. The summed E-state index contributed by atoms with van der Waals surface area (Å²) >= 11 is 0. The van der Waals surface area contributed by atoms with Crippen LogP contribution >= 0.6 is 0 Å². The molecule has 0 amide bonds. The molecule has 0 aliphatic heterocycles. The highest BCUT2D eigenvalue weighted by atomic mass is 16.3. The molecule has 11 heavy (non-hydrogen) atoms. The molecular formula is C9H12O2. The van der Waals surface area contributed by atoms with Crippen molar-refractivity contribution in [2.45, 2.75) is 19.6 Å². The lowest BCUT2D eigenvalue weighted by molar-refractivity contribution is 0.199. The van der Waals surface area contributed by atoms with E-state index in [0.29, 0.717) is 0 Å². The molecule has 0 fully saturated rings. The topological polar surface area (TPSA) is 40.5 Å². The molecule has 60 valence electrons. The van der Waals surface area contributed by atoms with Gasteiger partial charge in [0, 0.05) is 0 Å². The van der Waals surface area contributed by atoms with Crippen molar-refractivity contribution in [2.75, 3.05) is 0 Å². The van der Waals surface area contributed by atoms with Crippen LogP contribution in [0.25, 0.3) is 0 Å². The summed E-state index contributed by atoms with van der Waals surface area (Å²) in [6.45, 7) is 1.77. The maximum Gasteiger partial charge on any atom is 0.0761 e.